The van der Waals surface area contributed by atoms with Crippen LogP contribution in [0.1, 0.15) is 44.6 Å². The van der Waals surface area contributed by atoms with Crippen molar-refractivity contribution in [1.82, 2.24) is 0 Å². The van der Waals surface area contributed by atoms with Crippen molar-refractivity contribution < 1.29 is 9.60 Å². The SMILES string of the molecule is CCN(c1ccc(F)cc1C(N)=NO)C1CCCCC1. The van der Waals surface area contributed by atoms with Gasteiger partial charge in [0, 0.05) is 23.8 Å². The second-order valence-electron chi connectivity index (χ2n) is 5.22. The van der Waals surface area contributed by atoms with Gasteiger partial charge >= 0.3 is 0 Å². The third-order valence-corrected chi connectivity index (χ3v) is 4.01. The summed E-state index contributed by atoms with van der Waals surface area (Å²) in [7, 11) is 0. The Labute approximate surface area is 119 Å². The fourth-order valence-corrected chi connectivity index (χ4v) is 3.04. The highest BCUT2D eigenvalue weighted by Crippen LogP contribution is 2.30. The highest BCUT2D eigenvalue weighted by molar-refractivity contribution is 6.02. The molecule has 1 aromatic carbocycles. The molecule has 3 N–H and O–H groups in total. The highest BCUT2D eigenvalue weighted by atomic mass is 19.1. The number of halogens is 1. The zero-order valence-corrected chi connectivity index (χ0v) is 11.8. The Hall–Kier alpha value is -1.78. The van der Waals surface area contributed by atoms with Gasteiger partial charge in [-0.1, -0.05) is 24.4 Å². The maximum Gasteiger partial charge on any atom is 0.172 e. The van der Waals surface area contributed by atoms with Crippen LogP contribution < -0.4 is 10.6 Å². The number of oxime groups is 1. The lowest BCUT2D eigenvalue weighted by Gasteiger charge is -2.36. The Bertz CT molecular complexity index is 484. The summed E-state index contributed by atoms with van der Waals surface area (Å²) in [6, 6.07) is 4.93. The minimum Gasteiger partial charge on any atom is -0.409 e. The first kappa shape index (κ1) is 14.6. The molecule has 0 unspecified atom stereocenters. The first-order valence-electron chi connectivity index (χ1n) is 7.21. The van der Waals surface area contributed by atoms with Gasteiger partial charge in [0.2, 0.25) is 0 Å². The van der Waals surface area contributed by atoms with E-state index in [0.29, 0.717) is 11.6 Å². The van der Waals surface area contributed by atoms with E-state index in [1.54, 1.807) is 6.07 Å². The fourth-order valence-electron chi connectivity index (χ4n) is 3.04. The number of nitrogens with zero attached hydrogens (tertiary/aromatic N) is 2. The molecule has 0 atom stereocenters. The predicted octanol–water partition coefficient (Wildman–Crippen LogP) is 3.08. The molecule has 1 aliphatic rings. The van der Waals surface area contributed by atoms with Gasteiger partial charge in [0.05, 0.1) is 0 Å². The second kappa shape index (κ2) is 6.59. The van der Waals surface area contributed by atoms with Crippen LogP contribution in [0.5, 0.6) is 0 Å². The van der Waals surface area contributed by atoms with Gasteiger partial charge in [-0.3, -0.25) is 0 Å². The molecule has 4 nitrogen and oxygen atoms in total. The van der Waals surface area contributed by atoms with Crippen LogP contribution in [-0.2, 0) is 0 Å². The number of hydrogen-bond acceptors (Lipinski definition) is 3. The Morgan fingerprint density at radius 2 is 2.10 bits per heavy atom. The highest BCUT2D eigenvalue weighted by Gasteiger charge is 2.23. The van der Waals surface area contributed by atoms with E-state index >= 15 is 0 Å². The molecule has 110 valence electrons. The zero-order chi connectivity index (χ0) is 14.5. The van der Waals surface area contributed by atoms with E-state index in [4.69, 9.17) is 10.9 Å². The quantitative estimate of drug-likeness (QED) is 0.385. The van der Waals surface area contributed by atoms with Gasteiger partial charge in [-0.2, -0.15) is 0 Å². The van der Waals surface area contributed by atoms with Crippen LogP contribution in [0.3, 0.4) is 0 Å². The lowest BCUT2D eigenvalue weighted by atomic mass is 9.93. The van der Waals surface area contributed by atoms with Gasteiger partial charge in [0.15, 0.2) is 5.84 Å². The molecular weight excluding hydrogens is 257 g/mol. The standard InChI is InChI=1S/C15H22FN3O/c1-2-19(12-6-4-3-5-7-12)14-9-8-11(16)10-13(14)15(17)18-20/h8-10,12,20H,2-7H2,1H3,(H2,17,18). The maximum absolute atomic E-state index is 13.4. The van der Waals surface area contributed by atoms with E-state index in [1.807, 2.05) is 0 Å². The molecule has 0 radical (unpaired) electrons. The summed E-state index contributed by atoms with van der Waals surface area (Å²) >= 11 is 0. The molecule has 0 aliphatic heterocycles. The normalized spacial score (nSPS) is 17.2. The van der Waals surface area contributed by atoms with Gasteiger partial charge in [-0.25, -0.2) is 4.39 Å². The number of amidine groups is 1. The van der Waals surface area contributed by atoms with E-state index in [2.05, 4.69) is 17.0 Å². The van der Waals surface area contributed by atoms with Gasteiger partial charge in [-0.15, -0.1) is 0 Å². The molecule has 20 heavy (non-hydrogen) atoms. The van der Waals surface area contributed by atoms with Crippen molar-refractivity contribution >= 4 is 11.5 Å². The van der Waals surface area contributed by atoms with Gasteiger partial charge in [0.25, 0.3) is 0 Å². The average Bonchev–Trinajstić information content (AvgIpc) is 2.49. The summed E-state index contributed by atoms with van der Waals surface area (Å²) in [5.74, 6) is -0.427. The molecule has 1 fully saturated rings. The number of nitrogens with two attached hydrogens (primary N) is 1. The summed E-state index contributed by atoms with van der Waals surface area (Å²) in [6.07, 6.45) is 6.01. The number of benzene rings is 1. The van der Waals surface area contributed by atoms with Crippen LogP contribution in [0.25, 0.3) is 0 Å². The average molecular weight is 279 g/mol. The molecule has 2 rings (SSSR count). The van der Waals surface area contributed by atoms with E-state index in [-0.39, 0.29) is 11.7 Å². The summed E-state index contributed by atoms with van der Waals surface area (Å²) in [5, 5.41) is 11.9. The van der Waals surface area contributed by atoms with Crippen LogP contribution >= 0.6 is 0 Å². The van der Waals surface area contributed by atoms with Gasteiger partial charge < -0.3 is 15.8 Å². The first-order chi connectivity index (χ1) is 9.67. The third kappa shape index (κ3) is 3.03. The summed E-state index contributed by atoms with van der Waals surface area (Å²) in [6.45, 7) is 2.90. The second-order valence-corrected chi connectivity index (χ2v) is 5.22. The topological polar surface area (TPSA) is 61.8 Å². The number of anilines is 1. The lowest BCUT2D eigenvalue weighted by Crippen LogP contribution is -2.38. The van der Waals surface area contributed by atoms with Crippen molar-refractivity contribution in [3.63, 3.8) is 0 Å². The molecule has 0 spiro atoms. The van der Waals surface area contributed by atoms with E-state index in [0.717, 1.165) is 25.1 Å². The Morgan fingerprint density at radius 1 is 1.40 bits per heavy atom. The van der Waals surface area contributed by atoms with E-state index < -0.39 is 0 Å². The lowest BCUT2D eigenvalue weighted by molar-refractivity contribution is 0.318. The first-order valence-corrected chi connectivity index (χ1v) is 7.21. The van der Waals surface area contributed by atoms with Gasteiger partial charge in [-0.05, 0) is 38.0 Å². The third-order valence-electron chi connectivity index (χ3n) is 4.01. The number of rotatable bonds is 4. The molecular formula is C15H22FN3O. The Balaban J connectivity index is 2.37. The molecule has 0 aromatic heterocycles. The molecule has 1 saturated carbocycles. The maximum atomic E-state index is 13.4. The molecule has 0 amide bonds. The summed E-state index contributed by atoms with van der Waals surface area (Å²) < 4.78 is 13.4. The van der Waals surface area contributed by atoms with Crippen LogP contribution in [-0.4, -0.2) is 23.6 Å². The molecule has 0 saturated heterocycles. The summed E-state index contributed by atoms with van der Waals surface area (Å²) in [4.78, 5) is 2.24. The Morgan fingerprint density at radius 3 is 2.70 bits per heavy atom. The van der Waals surface area contributed by atoms with Crippen molar-refractivity contribution in [2.24, 2.45) is 10.9 Å². The Kier molecular flexibility index (Phi) is 4.82. The summed E-state index contributed by atoms with van der Waals surface area (Å²) in [5.41, 5.74) is 6.99. The van der Waals surface area contributed by atoms with Crippen LogP contribution in [0.15, 0.2) is 23.4 Å². The van der Waals surface area contributed by atoms with E-state index in [9.17, 15) is 4.39 Å². The number of hydrogen-bond donors (Lipinski definition) is 2. The fraction of sp³-hybridized carbons (Fsp3) is 0.533. The smallest absolute Gasteiger partial charge is 0.172 e. The van der Waals surface area contributed by atoms with Crippen molar-refractivity contribution in [3.05, 3.63) is 29.6 Å². The zero-order valence-electron chi connectivity index (χ0n) is 11.8. The van der Waals surface area contributed by atoms with Crippen molar-refractivity contribution in [1.29, 1.82) is 0 Å². The molecule has 1 aliphatic carbocycles. The molecule has 5 heteroatoms. The van der Waals surface area contributed by atoms with Crippen LogP contribution in [0, 0.1) is 5.82 Å². The van der Waals surface area contributed by atoms with E-state index in [1.165, 1.54) is 31.4 Å². The van der Waals surface area contributed by atoms with Crippen LogP contribution in [0.2, 0.25) is 0 Å². The predicted molar refractivity (Wildman–Crippen MR) is 78.8 cm³/mol. The molecule has 0 bridgehead atoms. The minimum atomic E-state index is -0.380. The van der Waals surface area contributed by atoms with Crippen molar-refractivity contribution in [2.45, 2.75) is 45.1 Å². The minimum absolute atomic E-state index is 0.0474. The van der Waals surface area contributed by atoms with Crippen LogP contribution in [0.4, 0.5) is 10.1 Å². The van der Waals surface area contributed by atoms with Crippen molar-refractivity contribution in [2.75, 3.05) is 11.4 Å². The van der Waals surface area contributed by atoms with Gasteiger partial charge in [0.1, 0.15) is 5.82 Å². The monoisotopic (exact) mass is 279 g/mol. The largest absolute Gasteiger partial charge is 0.409 e. The van der Waals surface area contributed by atoms with Crippen molar-refractivity contribution in [3.8, 4) is 0 Å². The molecule has 0 heterocycles. The molecule has 1 aromatic rings.